The SMILES string of the molecule is COc1nc2[nH]cc(F)c2cc1Oc1cc(N2CCC3(CC2)CC(N2CCC[C@H]2c2ccccc2C(C)C)C3)ccc1C(=O)NS(=O)(=O)c1cc(N(C)[O-])c(NCC2CCC(C)(O)CC2)c2nccn12. The first-order chi connectivity index (χ1) is 33.5. The number of imidazole rings is 1. The molecule has 2 aliphatic carbocycles. The first-order valence-corrected chi connectivity index (χ1v) is 26.1. The quantitative estimate of drug-likeness (QED) is 0.0756. The number of hydroxylamine groups is 1. The molecule has 0 radical (unpaired) electrons. The highest BCUT2D eigenvalue weighted by Crippen LogP contribution is 2.54. The number of benzene rings is 2. The van der Waals surface area contributed by atoms with E-state index in [4.69, 9.17) is 9.47 Å². The summed E-state index contributed by atoms with van der Waals surface area (Å²) >= 11 is 0. The fourth-order valence-corrected chi connectivity index (χ4v) is 12.8. The molecule has 4 N–H and O–H groups in total. The van der Waals surface area contributed by atoms with Crippen molar-refractivity contribution >= 4 is 49.7 Å². The van der Waals surface area contributed by atoms with Gasteiger partial charge >= 0.3 is 0 Å². The second-order valence-electron chi connectivity index (χ2n) is 20.7. The lowest BCUT2D eigenvalue weighted by molar-refractivity contribution is -0.0227. The molecule has 0 bridgehead atoms. The Labute approximate surface area is 408 Å². The van der Waals surface area contributed by atoms with Gasteiger partial charge in [0, 0.05) is 74.2 Å². The van der Waals surface area contributed by atoms with Gasteiger partial charge in [0.1, 0.15) is 22.9 Å². The highest BCUT2D eigenvalue weighted by atomic mass is 32.2. The molecule has 18 heteroatoms. The molecule has 16 nitrogen and oxygen atoms in total. The Morgan fingerprint density at radius 1 is 1.04 bits per heavy atom. The third-order valence-corrected chi connectivity index (χ3v) is 17.0. The van der Waals surface area contributed by atoms with Crippen molar-refractivity contribution in [2.24, 2.45) is 11.3 Å². The van der Waals surface area contributed by atoms with Crippen molar-refractivity contribution in [3.05, 3.63) is 101 Å². The zero-order chi connectivity index (χ0) is 49.1. The molecular formula is C52H63FN9O7S-. The normalized spacial score (nSPS) is 21.9. The number of halogens is 1. The van der Waals surface area contributed by atoms with Crippen molar-refractivity contribution in [3.8, 4) is 17.4 Å². The number of fused-ring (bicyclic) bond motifs is 2. The summed E-state index contributed by atoms with van der Waals surface area (Å²) < 4.78 is 59.2. The predicted molar refractivity (Wildman–Crippen MR) is 268 cm³/mol. The van der Waals surface area contributed by atoms with Crippen molar-refractivity contribution < 1.29 is 32.2 Å². The first kappa shape index (κ1) is 47.7. The monoisotopic (exact) mass is 976 g/mol. The standard InChI is InChI=1S/C52H63FN9O7S/c1-32(2)36-9-6-7-10-37(36)41-11-8-21-61(41)35-28-52(29-35)18-22-60(23-19-52)34-12-13-38(43(25-34)69-44-26-39-40(53)31-56-47(39)57-50(44)68-5)49(63)58-70(66,67)45-27-42(59(4)65)46(48-54-20-24-62(45)48)55-30-33-14-16-51(3,64)17-15-33/h6-7,9-10,12-13,20,24-27,31-33,35,41,55,64H,8,11,14-19,21-23,28-30H2,1-5H3,(H,56,57)(H,58,63)/q-1/t33?,41-,51?/m0/s1. The number of methoxy groups -OCH3 is 1. The van der Waals surface area contributed by atoms with Gasteiger partial charge in [0.05, 0.1) is 29.3 Å². The number of H-pyrrole nitrogens is 1. The van der Waals surface area contributed by atoms with E-state index in [0.717, 1.165) is 63.8 Å². The number of carbonyl (C=O) groups is 1. The number of hydrogen-bond donors (Lipinski definition) is 4. The largest absolute Gasteiger partial charge is 0.758 e. The third-order valence-electron chi connectivity index (χ3n) is 15.6. The lowest BCUT2D eigenvalue weighted by Gasteiger charge is -2.56. The number of carbonyl (C=O) groups excluding carboxylic acids is 1. The van der Waals surface area contributed by atoms with Gasteiger partial charge in [-0.25, -0.2) is 14.1 Å². The fourth-order valence-electron chi connectivity index (χ4n) is 11.7. The zero-order valence-electron chi connectivity index (χ0n) is 40.5. The minimum absolute atomic E-state index is 0.00266. The second kappa shape index (κ2) is 18.7. The van der Waals surface area contributed by atoms with Crippen LogP contribution in [0.25, 0.3) is 16.7 Å². The molecule has 1 atom stereocenters. The van der Waals surface area contributed by atoms with E-state index in [1.54, 1.807) is 12.1 Å². The molecule has 1 spiro atoms. The summed E-state index contributed by atoms with van der Waals surface area (Å²) in [6, 6.07) is 17.6. The van der Waals surface area contributed by atoms with Gasteiger partial charge in [0.25, 0.3) is 21.8 Å². The minimum Gasteiger partial charge on any atom is -0.758 e. The summed E-state index contributed by atoms with van der Waals surface area (Å²) in [6.07, 6.45) is 13.7. The number of piperidine rings is 1. The molecule has 0 unspecified atom stereocenters. The predicted octanol–water partition coefficient (Wildman–Crippen LogP) is 9.27. The Balaban J connectivity index is 0.898. The number of aliphatic hydroxyl groups is 1. The van der Waals surface area contributed by atoms with Gasteiger partial charge in [-0.05, 0) is 125 Å². The number of nitrogens with one attached hydrogen (secondary N) is 3. The number of aromatic nitrogens is 4. The number of aromatic amines is 1. The number of anilines is 3. The van der Waals surface area contributed by atoms with Gasteiger partial charge in [-0.2, -0.15) is 13.4 Å². The van der Waals surface area contributed by atoms with Crippen LogP contribution in [0.3, 0.4) is 0 Å². The lowest BCUT2D eigenvalue weighted by Crippen LogP contribution is -2.54. The molecule has 6 heterocycles. The Morgan fingerprint density at radius 2 is 1.80 bits per heavy atom. The maximum absolute atomic E-state index is 14.9. The highest BCUT2D eigenvalue weighted by Gasteiger charge is 2.50. The second-order valence-corrected chi connectivity index (χ2v) is 22.3. The number of rotatable bonds is 14. The molecule has 4 fully saturated rings. The molecule has 70 heavy (non-hydrogen) atoms. The van der Waals surface area contributed by atoms with Crippen molar-refractivity contribution in [1.82, 2.24) is 29.0 Å². The molecule has 1 amide bonds. The smallest absolute Gasteiger partial charge is 0.280 e. The maximum Gasteiger partial charge on any atom is 0.280 e. The number of amides is 1. The number of nitrogens with zero attached hydrogens (tertiary/aromatic N) is 6. The van der Waals surface area contributed by atoms with Crippen LogP contribution >= 0.6 is 0 Å². The Bertz CT molecular complexity index is 3020. The molecule has 2 saturated carbocycles. The van der Waals surface area contributed by atoms with Crippen LogP contribution in [0.5, 0.6) is 17.4 Å². The van der Waals surface area contributed by atoms with Crippen LogP contribution in [0.1, 0.15) is 118 Å². The topological polar surface area (TPSA) is 193 Å². The number of ether oxygens (including phenoxy) is 2. The molecule has 4 aromatic heterocycles. The van der Waals surface area contributed by atoms with Gasteiger partial charge in [-0.1, -0.05) is 38.1 Å². The Kier molecular flexibility index (Phi) is 12.7. The summed E-state index contributed by atoms with van der Waals surface area (Å²) in [4.78, 5) is 31.0. The van der Waals surface area contributed by atoms with E-state index in [9.17, 15) is 27.9 Å². The van der Waals surface area contributed by atoms with Crippen molar-refractivity contribution in [2.75, 3.05) is 55.6 Å². The molecule has 6 aromatic rings. The van der Waals surface area contributed by atoms with E-state index in [-0.39, 0.29) is 61.7 Å². The number of hydrogen-bond acceptors (Lipinski definition) is 13. The Morgan fingerprint density at radius 3 is 2.53 bits per heavy atom. The van der Waals surface area contributed by atoms with Crippen molar-refractivity contribution in [3.63, 3.8) is 0 Å². The van der Waals surface area contributed by atoms with E-state index in [2.05, 4.69) is 72.9 Å². The zero-order valence-corrected chi connectivity index (χ0v) is 41.3. The van der Waals surface area contributed by atoms with Gasteiger partial charge in [0.2, 0.25) is 0 Å². The summed E-state index contributed by atoms with van der Waals surface area (Å²) in [5, 5.41) is 27.2. The van der Waals surface area contributed by atoms with Gasteiger partial charge < -0.3 is 40.1 Å². The number of pyridine rings is 2. The van der Waals surface area contributed by atoms with E-state index < -0.39 is 27.3 Å². The van der Waals surface area contributed by atoms with Gasteiger partial charge in [0.15, 0.2) is 16.4 Å². The fraction of sp³-hybridized carbons (Fsp3) is 0.481. The van der Waals surface area contributed by atoms with Crippen LogP contribution in [0.15, 0.2) is 78.2 Å². The summed E-state index contributed by atoms with van der Waals surface area (Å²) in [6.45, 7) is 9.56. The molecule has 2 aromatic carbocycles. The highest BCUT2D eigenvalue weighted by molar-refractivity contribution is 7.90. The van der Waals surface area contributed by atoms with Gasteiger partial charge in [-0.3, -0.25) is 14.1 Å². The lowest BCUT2D eigenvalue weighted by atomic mass is 9.59. The van der Waals surface area contributed by atoms with Crippen molar-refractivity contribution in [1.29, 1.82) is 0 Å². The molecule has 2 saturated heterocycles. The summed E-state index contributed by atoms with van der Waals surface area (Å²) in [5.74, 6) is -0.830. The van der Waals surface area contributed by atoms with E-state index >= 15 is 0 Å². The Hall–Kier alpha value is -5.95. The van der Waals surface area contributed by atoms with Crippen LogP contribution in [0.2, 0.25) is 0 Å². The van der Waals surface area contributed by atoms with E-state index in [1.165, 1.54) is 79.3 Å². The molecule has 2 aliphatic heterocycles. The van der Waals surface area contributed by atoms with E-state index in [0.29, 0.717) is 48.1 Å². The average molecular weight is 977 g/mol. The molecular weight excluding hydrogens is 914 g/mol. The number of sulfonamides is 1. The maximum atomic E-state index is 14.9. The van der Waals surface area contributed by atoms with Crippen LogP contribution in [-0.4, -0.2) is 95.7 Å². The average Bonchev–Trinajstić information content (AvgIpc) is 4.10. The van der Waals surface area contributed by atoms with Crippen LogP contribution < -0.4 is 29.5 Å². The first-order valence-electron chi connectivity index (χ1n) is 24.6. The third kappa shape index (κ3) is 9.14. The van der Waals surface area contributed by atoms with Crippen LogP contribution in [0.4, 0.5) is 21.5 Å². The van der Waals surface area contributed by atoms with Crippen molar-refractivity contribution in [2.45, 2.75) is 114 Å². The van der Waals surface area contributed by atoms with Gasteiger partial charge in [-0.15, -0.1) is 0 Å². The number of likely N-dealkylation sites (tertiary alicyclic amines) is 1. The molecule has 4 aliphatic rings. The summed E-state index contributed by atoms with van der Waals surface area (Å²) in [5.41, 5.74) is 3.91. The van der Waals surface area contributed by atoms with E-state index in [1.807, 2.05) is 6.92 Å². The molecule has 372 valence electrons. The van der Waals surface area contributed by atoms with Crippen LogP contribution in [0, 0.1) is 22.4 Å². The van der Waals surface area contributed by atoms with Crippen LogP contribution in [-0.2, 0) is 10.0 Å². The summed E-state index contributed by atoms with van der Waals surface area (Å²) in [7, 11) is -2.03. The minimum atomic E-state index is -4.69. The molecule has 10 rings (SSSR count).